The van der Waals surface area contributed by atoms with E-state index in [2.05, 4.69) is 5.32 Å². The van der Waals surface area contributed by atoms with Crippen LogP contribution < -0.4 is 10.6 Å². The van der Waals surface area contributed by atoms with Crippen LogP contribution in [0, 0.1) is 5.41 Å². The lowest BCUT2D eigenvalue weighted by Crippen LogP contribution is -2.56. The molecule has 2 heterocycles. The van der Waals surface area contributed by atoms with E-state index in [9.17, 15) is 22.8 Å². The second-order valence-corrected chi connectivity index (χ2v) is 9.60. The van der Waals surface area contributed by atoms with E-state index in [-0.39, 0.29) is 34.9 Å². The van der Waals surface area contributed by atoms with Gasteiger partial charge in [-0.2, -0.15) is 13.2 Å². The molecule has 4 rings (SSSR count). The van der Waals surface area contributed by atoms with Gasteiger partial charge in [-0.3, -0.25) is 15.0 Å². The van der Waals surface area contributed by atoms with Gasteiger partial charge in [-0.05, 0) is 30.5 Å². The van der Waals surface area contributed by atoms with Crippen LogP contribution in [0.2, 0.25) is 0 Å². The Balaban J connectivity index is 1.37. The number of rotatable bonds is 7. The lowest BCUT2D eigenvalue weighted by atomic mass is 9.93. The third-order valence-electron chi connectivity index (χ3n) is 6.14. The maximum absolute atomic E-state index is 13.5. The zero-order chi connectivity index (χ0) is 25.2. The predicted molar refractivity (Wildman–Crippen MR) is 122 cm³/mol. The van der Waals surface area contributed by atoms with Gasteiger partial charge in [0.15, 0.2) is 0 Å². The normalized spacial score (nSPS) is 20.1. The molecule has 35 heavy (non-hydrogen) atoms. The molecule has 8 nitrogen and oxygen atoms in total. The molecule has 0 spiro atoms. The molecule has 2 atom stereocenters. The van der Waals surface area contributed by atoms with E-state index in [1.54, 1.807) is 10.2 Å². The second-order valence-electron chi connectivity index (χ2n) is 8.51. The molecule has 1 aromatic carbocycles. The number of morpholine rings is 1. The topological polar surface area (TPSA) is 115 Å². The number of amides is 2. The zero-order valence-corrected chi connectivity index (χ0v) is 19.4. The fourth-order valence-electron chi connectivity index (χ4n) is 4.06. The average molecular weight is 511 g/mol. The number of aliphatic hydroxyl groups excluding tert-OH is 1. The minimum absolute atomic E-state index is 0.0207. The number of hydrogen-bond acceptors (Lipinski definition) is 6. The van der Waals surface area contributed by atoms with E-state index >= 15 is 0 Å². The highest BCUT2D eigenvalue weighted by Gasteiger charge is 2.54. The van der Waals surface area contributed by atoms with Gasteiger partial charge in [0.25, 0.3) is 5.91 Å². The molecule has 0 radical (unpaired) electrons. The summed E-state index contributed by atoms with van der Waals surface area (Å²) < 4.78 is 43.0. The fourth-order valence-corrected chi connectivity index (χ4v) is 4.89. The van der Waals surface area contributed by atoms with Gasteiger partial charge >= 0.3 is 6.18 Å². The Morgan fingerprint density at radius 2 is 1.89 bits per heavy atom. The lowest BCUT2D eigenvalue weighted by molar-refractivity contribution is -0.208. The van der Waals surface area contributed by atoms with Gasteiger partial charge in [0.2, 0.25) is 12.1 Å². The fraction of sp³-hybridized carbons (Fsp3) is 0.435. The standard InChI is InChI=1S/C23H25F3N4O4S/c24-23(25,26)20(32)29-18(27)16-6-7-17(35-16)19(31)28-12-15-13-34-11-10-30(15)21(33)22(8-9-22)14-4-2-1-3-5-14/h1-7,15,20,32H,8-13H2,(H2,27,29)(H,28,31). The molecular weight excluding hydrogens is 485 g/mol. The van der Waals surface area contributed by atoms with Crippen molar-refractivity contribution in [3.63, 3.8) is 0 Å². The Hall–Kier alpha value is -2.96. The summed E-state index contributed by atoms with van der Waals surface area (Å²) in [6.45, 7) is 1.25. The third kappa shape index (κ3) is 5.49. The number of amidine groups is 1. The molecule has 1 aromatic heterocycles. The number of aliphatic hydroxyl groups is 1. The van der Waals surface area contributed by atoms with Gasteiger partial charge in [-0.25, -0.2) is 0 Å². The summed E-state index contributed by atoms with van der Waals surface area (Å²) in [7, 11) is 0. The number of thiophene rings is 1. The summed E-state index contributed by atoms with van der Waals surface area (Å²) in [6.07, 6.45) is -6.26. The number of halogens is 3. The lowest BCUT2D eigenvalue weighted by Gasteiger charge is -2.38. The minimum atomic E-state index is -4.92. The zero-order valence-electron chi connectivity index (χ0n) is 18.6. The first-order valence-corrected chi connectivity index (χ1v) is 11.9. The van der Waals surface area contributed by atoms with Gasteiger partial charge in [-0.1, -0.05) is 30.3 Å². The summed E-state index contributed by atoms with van der Waals surface area (Å²) in [5.74, 6) is -1.10. The number of hydrogen-bond donors (Lipinski definition) is 4. The van der Waals surface area contributed by atoms with Gasteiger partial charge in [-0.15, -0.1) is 11.3 Å². The monoisotopic (exact) mass is 510 g/mol. The SMILES string of the molecule is N=C(NC(O)C(F)(F)F)c1ccc(C(=O)NCC2COCCN2C(=O)C2(c3ccccc3)CC2)s1. The molecule has 12 heteroatoms. The van der Waals surface area contributed by atoms with Crippen molar-refractivity contribution in [3.05, 3.63) is 57.8 Å². The number of carbonyl (C=O) groups is 2. The summed E-state index contributed by atoms with van der Waals surface area (Å²) in [5, 5.41) is 21.2. The summed E-state index contributed by atoms with van der Waals surface area (Å²) in [6, 6.07) is 12.0. The van der Waals surface area contributed by atoms with E-state index in [1.807, 2.05) is 30.3 Å². The summed E-state index contributed by atoms with van der Waals surface area (Å²) >= 11 is 0.818. The van der Waals surface area contributed by atoms with Crippen molar-refractivity contribution in [1.82, 2.24) is 15.5 Å². The molecule has 1 aliphatic carbocycles. The number of nitrogens with zero attached hydrogens (tertiary/aromatic N) is 1. The molecule has 2 unspecified atom stereocenters. The van der Waals surface area contributed by atoms with Crippen LogP contribution in [0.4, 0.5) is 13.2 Å². The molecule has 4 N–H and O–H groups in total. The number of nitrogens with one attached hydrogen (secondary N) is 3. The Kier molecular flexibility index (Phi) is 7.15. The van der Waals surface area contributed by atoms with Crippen molar-refractivity contribution < 1.29 is 32.6 Å². The maximum Gasteiger partial charge on any atom is 0.433 e. The van der Waals surface area contributed by atoms with Crippen molar-refractivity contribution in [2.75, 3.05) is 26.3 Å². The molecule has 1 saturated heterocycles. The Morgan fingerprint density at radius 1 is 1.20 bits per heavy atom. The van der Waals surface area contributed by atoms with E-state index in [4.69, 9.17) is 15.3 Å². The first-order chi connectivity index (χ1) is 16.6. The Bertz CT molecular complexity index is 1090. The molecule has 0 bridgehead atoms. The van der Waals surface area contributed by atoms with Crippen LogP contribution in [-0.4, -0.2) is 72.4 Å². The molecule has 188 valence electrons. The van der Waals surface area contributed by atoms with E-state index in [0.717, 1.165) is 29.7 Å². The summed E-state index contributed by atoms with van der Waals surface area (Å²) in [4.78, 5) is 28.1. The molecule has 2 fully saturated rings. The van der Waals surface area contributed by atoms with Gasteiger partial charge < -0.3 is 25.4 Å². The van der Waals surface area contributed by atoms with Gasteiger partial charge in [0.1, 0.15) is 5.84 Å². The molecule has 1 saturated carbocycles. The van der Waals surface area contributed by atoms with Gasteiger partial charge in [0, 0.05) is 13.1 Å². The molecular formula is C23H25F3N4O4S. The number of alkyl halides is 3. The van der Waals surface area contributed by atoms with Crippen LogP contribution in [-0.2, 0) is 14.9 Å². The van der Waals surface area contributed by atoms with Crippen LogP contribution in [0.25, 0.3) is 0 Å². The minimum Gasteiger partial charge on any atom is -0.377 e. The molecule has 2 amide bonds. The van der Waals surface area contributed by atoms with E-state index in [1.165, 1.54) is 12.1 Å². The number of ether oxygens (including phenoxy) is 1. The van der Waals surface area contributed by atoms with Crippen molar-refractivity contribution >= 4 is 29.0 Å². The highest BCUT2D eigenvalue weighted by Crippen LogP contribution is 2.49. The number of benzene rings is 1. The van der Waals surface area contributed by atoms with Crippen molar-refractivity contribution in [2.24, 2.45) is 0 Å². The van der Waals surface area contributed by atoms with Crippen molar-refractivity contribution in [3.8, 4) is 0 Å². The quantitative estimate of drug-likeness (QED) is 0.259. The van der Waals surface area contributed by atoms with Crippen LogP contribution in [0.1, 0.15) is 33.0 Å². The van der Waals surface area contributed by atoms with Crippen LogP contribution in [0.3, 0.4) is 0 Å². The van der Waals surface area contributed by atoms with E-state index < -0.39 is 29.6 Å². The van der Waals surface area contributed by atoms with Crippen molar-refractivity contribution in [1.29, 1.82) is 5.41 Å². The first-order valence-electron chi connectivity index (χ1n) is 11.0. The molecule has 1 aliphatic heterocycles. The van der Waals surface area contributed by atoms with Crippen LogP contribution in [0.5, 0.6) is 0 Å². The van der Waals surface area contributed by atoms with Gasteiger partial charge in [0.05, 0.1) is 34.4 Å². The van der Waals surface area contributed by atoms with Crippen LogP contribution in [0.15, 0.2) is 42.5 Å². The maximum atomic E-state index is 13.5. The largest absolute Gasteiger partial charge is 0.433 e. The van der Waals surface area contributed by atoms with Crippen LogP contribution >= 0.6 is 11.3 Å². The Labute approximate surface area is 203 Å². The predicted octanol–water partition coefficient (Wildman–Crippen LogP) is 2.23. The van der Waals surface area contributed by atoms with E-state index in [0.29, 0.717) is 13.2 Å². The molecule has 2 aromatic rings. The first kappa shape index (κ1) is 25.1. The summed E-state index contributed by atoms with van der Waals surface area (Å²) in [5.41, 5.74) is 0.454. The average Bonchev–Trinajstić information content (AvgIpc) is 3.51. The Morgan fingerprint density at radius 3 is 2.54 bits per heavy atom. The number of carbonyl (C=O) groups excluding carboxylic acids is 2. The van der Waals surface area contributed by atoms with Crippen molar-refractivity contribution in [2.45, 2.75) is 36.7 Å². The third-order valence-corrected chi connectivity index (χ3v) is 7.24. The highest BCUT2D eigenvalue weighted by atomic mass is 32.1. The smallest absolute Gasteiger partial charge is 0.377 e. The second kappa shape index (κ2) is 9.96. The molecule has 2 aliphatic rings. The highest BCUT2D eigenvalue weighted by molar-refractivity contribution is 7.16.